The number of oxime groups is 1. The molecule has 0 unspecified atom stereocenters. The second-order valence-corrected chi connectivity index (χ2v) is 4.10. The molecular weight excluding hydrogens is 249 g/mol. The zero-order valence-corrected chi connectivity index (χ0v) is 9.84. The van der Waals surface area contributed by atoms with Crippen LogP contribution >= 0.6 is 23.2 Å². The summed E-state index contributed by atoms with van der Waals surface area (Å²) in [4.78, 5) is 15.8. The van der Waals surface area contributed by atoms with Crippen LogP contribution in [0, 0.1) is 0 Å². The van der Waals surface area contributed by atoms with E-state index in [1.54, 1.807) is 31.2 Å². The average Bonchev–Trinajstić information content (AvgIpc) is 2.55. The Kier molecular flexibility index (Phi) is 2.99. The lowest BCUT2D eigenvalue weighted by Gasteiger charge is -1.98. The van der Waals surface area contributed by atoms with Crippen molar-refractivity contribution in [2.45, 2.75) is 6.92 Å². The number of carbonyl (C=O) groups is 1. The number of rotatable bonds is 1. The molecule has 0 amide bonds. The van der Waals surface area contributed by atoms with Gasteiger partial charge in [-0.05, 0) is 30.7 Å². The van der Waals surface area contributed by atoms with Crippen molar-refractivity contribution >= 4 is 41.0 Å². The molecule has 0 radical (unpaired) electrons. The number of hydrogen-bond acceptors (Lipinski definition) is 3. The predicted molar refractivity (Wildman–Crippen MR) is 63.6 cm³/mol. The van der Waals surface area contributed by atoms with Crippen LogP contribution in [0.3, 0.4) is 0 Å². The summed E-state index contributed by atoms with van der Waals surface area (Å²) in [6, 6.07) is 5.11. The van der Waals surface area contributed by atoms with Gasteiger partial charge in [0.15, 0.2) is 0 Å². The minimum Gasteiger partial charge on any atom is -0.312 e. The minimum atomic E-state index is -0.455. The molecule has 1 aliphatic rings. The molecule has 0 aliphatic carbocycles. The Hall–Kier alpha value is -1.32. The van der Waals surface area contributed by atoms with Gasteiger partial charge in [-0.25, -0.2) is 4.79 Å². The summed E-state index contributed by atoms with van der Waals surface area (Å²) >= 11 is 11.7. The number of halogens is 2. The summed E-state index contributed by atoms with van der Waals surface area (Å²) in [5, 5.41) is 4.49. The van der Waals surface area contributed by atoms with Crippen molar-refractivity contribution in [3.05, 3.63) is 39.4 Å². The third-order valence-electron chi connectivity index (χ3n) is 2.13. The molecule has 3 nitrogen and oxygen atoms in total. The van der Waals surface area contributed by atoms with Crippen LogP contribution in [0.2, 0.25) is 10.0 Å². The van der Waals surface area contributed by atoms with Gasteiger partial charge in [0.2, 0.25) is 0 Å². The third kappa shape index (κ3) is 2.10. The molecule has 82 valence electrons. The van der Waals surface area contributed by atoms with Crippen molar-refractivity contribution in [2.75, 3.05) is 0 Å². The highest BCUT2D eigenvalue weighted by atomic mass is 35.5. The van der Waals surface area contributed by atoms with Gasteiger partial charge >= 0.3 is 5.97 Å². The molecule has 5 heteroatoms. The fourth-order valence-corrected chi connectivity index (χ4v) is 1.59. The Labute approximate surface area is 102 Å². The van der Waals surface area contributed by atoms with Crippen LogP contribution < -0.4 is 0 Å². The van der Waals surface area contributed by atoms with E-state index in [4.69, 9.17) is 23.2 Å². The van der Waals surface area contributed by atoms with Gasteiger partial charge in [0, 0.05) is 0 Å². The van der Waals surface area contributed by atoms with E-state index in [1.807, 2.05) is 0 Å². The van der Waals surface area contributed by atoms with E-state index in [9.17, 15) is 4.79 Å². The molecule has 1 aromatic rings. The number of nitrogens with zero attached hydrogens (tertiary/aromatic N) is 1. The largest absolute Gasteiger partial charge is 0.367 e. The summed E-state index contributed by atoms with van der Waals surface area (Å²) in [7, 11) is 0. The zero-order chi connectivity index (χ0) is 11.7. The molecule has 0 saturated heterocycles. The highest BCUT2D eigenvalue weighted by molar-refractivity contribution is 6.42. The number of carbonyl (C=O) groups excluding carboxylic acids is 1. The third-order valence-corrected chi connectivity index (χ3v) is 2.87. The molecule has 0 N–H and O–H groups in total. The standard InChI is InChI=1S/C11H7Cl2NO2/c1-6-8(11(15)16-14-6)4-7-2-3-9(12)10(13)5-7/h2-5H,1H3/b8-4+. The maximum atomic E-state index is 11.3. The lowest BCUT2D eigenvalue weighted by Crippen LogP contribution is -2.01. The fourth-order valence-electron chi connectivity index (χ4n) is 1.29. The Morgan fingerprint density at radius 1 is 1.31 bits per heavy atom. The summed E-state index contributed by atoms with van der Waals surface area (Å²) in [6.07, 6.45) is 1.66. The molecule has 0 aromatic heterocycles. The maximum absolute atomic E-state index is 11.3. The van der Waals surface area contributed by atoms with Crippen molar-refractivity contribution in [3.8, 4) is 0 Å². The minimum absolute atomic E-state index is 0.429. The summed E-state index contributed by atoms with van der Waals surface area (Å²) < 4.78 is 0. The molecular formula is C11H7Cl2NO2. The van der Waals surface area contributed by atoms with Gasteiger partial charge in [0.25, 0.3) is 0 Å². The SMILES string of the molecule is CC1=NOC(=O)/C1=C/c1ccc(Cl)c(Cl)c1. The van der Waals surface area contributed by atoms with Crippen LogP contribution in [0.1, 0.15) is 12.5 Å². The van der Waals surface area contributed by atoms with Gasteiger partial charge in [-0.3, -0.25) is 0 Å². The van der Waals surface area contributed by atoms with Crippen molar-refractivity contribution in [1.29, 1.82) is 0 Å². The lowest BCUT2D eigenvalue weighted by atomic mass is 10.1. The molecule has 1 heterocycles. The second kappa shape index (κ2) is 4.28. The first-order valence-electron chi connectivity index (χ1n) is 4.51. The summed E-state index contributed by atoms with van der Waals surface area (Å²) in [6.45, 7) is 1.70. The van der Waals surface area contributed by atoms with E-state index in [-0.39, 0.29) is 0 Å². The van der Waals surface area contributed by atoms with E-state index in [0.717, 1.165) is 5.56 Å². The van der Waals surface area contributed by atoms with Gasteiger partial charge in [0.05, 0.1) is 21.3 Å². The Morgan fingerprint density at radius 3 is 2.62 bits per heavy atom. The second-order valence-electron chi connectivity index (χ2n) is 3.29. The monoisotopic (exact) mass is 255 g/mol. The first-order chi connectivity index (χ1) is 7.58. The molecule has 0 fully saturated rings. The first-order valence-corrected chi connectivity index (χ1v) is 5.26. The molecule has 0 spiro atoms. The van der Waals surface area contributed by atoms with E-state index >= 15 is 0 Å². The Balaban J connectivity index is 2.39. The maximum Gasteiger partial charge on any atom is 0.367 e. The zero-order valence-electron chi connectivity index (χ0n) is 8.33. The Bertz CT molecular complexity index is 521. The highest BCUT2D eigenvalue weighted by Gasteiger charge is 2.21. The highest BCUT2D eigenvalue weighted by Crippen LogP contribution is 2.24. The van der Waals surface area contributed by atoms with Crippen LogP contribution in [0.15, 0.2) is 28.9 Å². The molecule has 1 aromatic carbocycles. The van der Waals surface area contributed by atoms with Crippen molar-refractivity contribution < 1.29 is 9.63 Å². The van der Waals surface area contributed by atoms with E-state index in [2.05, 4.69) is 9.99 Å². The van der Waals surface area contributed by atoms with Gasteiger partial charge in [0.1, 0.15) is 0 Å². The first kappa shape index (κ1) is 11.2. The smallest absolute Gasteiger partial charge is 0.312 e. The van der Waals surface area contributed by atoms with Gasteiger partial charge in [-0.1, -0.05) is 34.4 Å². The number of benzene rings is 1. The molecule has 0 bridgehead atoms. The average molecular weight is 256 g/mol. The molecule has 0 saturated carbocycles. The van der Waals surface area contributed by atoms with E-state index < -0.39 is 5.97 Å². The summed E-state index contributed by atoms with van der Waals surface area (Å²) in [5.74, 6) is -0.455. The summed E-state index contributed by atoms with van der Waals surface area (Å²) in [5.41, 5.74) is 1.76. The van der Waals surface area contributed by atoms with E-state index in [1.165, 1.54) is 0 Å². The van der Waals surface area contributed by atoms with Crippen LogP contribution in [-0.2, 0) is 9.63 Å². The number of hydrogen-bond donors (Lipinski definition) is 0. The van der Waals surface area contributed by atoms with Gasteiger partial charge in [-0.15, -0.1) is 0 Å². The van der Waals surface area contributed by atoms with Crippen molar-refractivity contribution in [1.82, 2.24) is 0 Å². The van der Waals surface area contributed by atoms with Gasteiger partial charge < -0.3 is 4.84 Å². The molecule has 0 atom stereocenters. The van der Waals surface area contributed by atoms with Crippen LogP contribution in [0.5, 0.6) is 0 Å². The Morgan fingerprint density at radius 2 is 2.06 bits per heavy atom. The molecule has 1 aliphatic heterocycles. The molecule has 16 heavy (non-hydrogen) atoms. The quantitative estimate of drug-likeness (QED) is 0.571. The fraction of sp³-hybridized carbons (Fsp3) is 0.0909. The van der Waals surface area contributed by atoms with Crippen LogP contribution in [-0.4, -0.2) is 11.7 Å². The topological polar surface area (TPSA) is 38.7 Å². The normalized spacial score (nSPS) is 17.6. The van der Waals surface area contributed by atoms with E-state index in [0.29, 0.717) is 21.3 Å². The van der Waals surface area contributed by atoms with Crippen molar-refractivity contribution in [3.63, 3.8) is 0 Å². The molecule has 2 rings (SSSR count). The van der Waals surface area contributed by atoms with Crippen LogP contribution in [0.25, 0.3) is 6.08 Å². The van der Waals surface area contributed by atoms with Crippen LogP contribution in [0.4, 0.5) is 0 Å². The van der Waals surface area contributed by atoms with Crippen molar-refractivity contribution in [2.24, 2.45) is 5.16 Å². The predicted octanol–water partition coefficient (Wildman–Crippen LogP) is 3.31. The van der Waals surface area contributed by atoms with Gasteiger partial charge in [-0.2, -0.15) is 0 Å². The lowest BCUT2D eigenvalue weighted by molar-refractivity contribution is -0.136.